The molecule has 170 valence electrons. The Kier molecular flexibility index (Phi) is 6.19. The van der Waals surface area contributed by atoms with Crippen molar-refractivity contribution >= 4 is 29.1 Å². The summed E-state index contributed by atoms with van der Waals surface area (Å²) in [6, 6.07) is 5.42. The second kappa shape index (κ2) is 8.13. The molecule has 0 bridgehead atoms. The van der Waals surface area contributed by atoms with Gasteiger partial charge in [0.2, 0.25) is 5.91 Å². The Morgan fingerprint density at radius 1 is 1.16 bits per heavy atom. The van der Waals surface area contributed by atoms with E-state index >= 15 is 0 Å². The number of ether oxygens (including phenoxy) is 1. The van der Waals surface area contributed by atoms with E-state index in [1.165, 1.54) is 0 Å². The van der Waals surface area contributed by atoms with Crippen LogP contribution in [0.2, 0.25) is 0 Å². The van der Waals surface area contributed by atoms with Crippen molar-refractivity contribution in [3.63, 3.8) is 0 Å². The molecule has 1 saturated heterocycles. The van der Waals surface area contributed by atoms with Crippen LogP contribution in [0.15, 0.2) is 22.6 Å². The molecule has 7 nitrogen and oxygen atoms in total. The van der Waals surface area contributed by atoms with E-state index in [0.29, 0.717) is 31.5 Å². The molecule has 0 unspecified atom stereocenters. The lowest BCUT2D eigenvalue weighted by Crippen LogP contribution is -2.47. The second-order valence-electron chi connectivity index (χ2n) is 10.5. The van der Waals surface area contributed by atoms with E-state index in [1.54, 1.807) is 17.0 Å². The highest BCUT2D eigenvalue weighted by Gasteiger charge is 2.48. The lowest BCUT2D eigenvalue weighted by Gasteiger charge is -2.39. The van der Waals surface area contributed by atoms with Crippen molar-refractivity contribution in [2.24, 2.45) is 15.5 Å². The fraction of sp³-hybridized carbons (Fsp3) is 0.609. The molecule has 2 N–H and O–H groups in total. The van der Waals surface area contributed by atoms with Crippen LogP contribution in [-0.4, -0.2) is 50.6 Å². The predicted octanol–water partition coefficient (Wildman–Crippen LogP) is 3.61. The topological polar surface area (TPSA) is 108 Å². The molecular weight excluding hydrogens is 414 g/mol. The quantitative estimate of drug-likeness (QED) is 0.699. The average molecular weight is 448 g/mol. The van der Waals surface area contributed by atoms with Crippen LogP contribution < -0.4 is 5.73 Å². The Labute approximate surface area is 187 Å². The highest BCUT2D eigenvalue weighted by Crippen LogP contribution is 2.46. The monoisotopic (exact) mass is 447 g/mol. The molecule has 2 amide bonds. The highest BCUT2D eigenvalue weighted by atomic mass is 32.2. The van der Waals surface area contributed by atoms with Crippen LogP contribution in [-0.2, 0) is 22.5 Å². The number of carbonyl (C=O) groups excluding carboxylic acids is 2. The third-order valence-electron chi connectivity index (χ3n) is 5.75. The molecule has 1 aliphatic heterocycles. The van der Waals surface area contributed by atoms with Crippen molar-refractivity contribution in [3.8, 4) is 0 Å². The fourth-order valence-electron chi connectivity index (χ4n) is 4.06. The average Bonchev–Trinajstić information content (AvgIpc) is 2.92. The van der Waals surface area contributed by atoms with E-state index in [4.69, 9.17) is 14.9 Å². The van der Waals surface area contributed by atoms with Gasteiger partial charge in [0.1, 0.15) is 27.4 Å². The molecule has 1 heterocycles. The predicted molar refractivity (Wildman–Crippen MR) is 123 cm³/mol. The first-order valence-corrected chi connectivity index (χ1v) is 11.7. The Bertz CT molecular complexity index is 906. The SMILES string of the molecule is CC(C)(C)OC(=O)N1CCC2(CC1)Cc1ccc(C(N)=O)cc1C2=N[S@+]([O-])C(C)(C)C. The van der Waals surface area contributed by atoms with Crippen molar-refractivity contribution in [2.45, 2.75) is 71.2 Å². The first-order chi connectivity index (χ1) is 14.2. The van der Waals surface area contributed by atoms with Crippen LogP contribution in [0.1, 0.15) is 75.9 Å². The van der Waals surface area contributed by atoms with Gasteiger partial charge in [-0.05, 0) is 78.5 Å². The van der Waals surface area contributed by atoms with E-state index in [9.17, 15) is 14.1 Å². The summed E-state index contributed by atoms with van der Waals surface area (Å²) in [6.45, 7) is 12.3. The number of nitrogens with zero attached hydrogens (tertiary/aromatic N) is 2. The number of nitrogens with two attached hydrogens (primary N) is 1. The van der Waals surface area contributed by atoms with Gasteiger partial charge < -0.3 is 19.9 Å². The van der Waals surface area contributed by atoms with Crippen molar-refractivity contribution in [1.82, 2.24) is 4.90 Å². The molecule has 1 spiro atoms. The summed E-state index contributed by atoms with van der Waals surface area (Å²) in [5.74, 6) is -0.500. The molecule has 1 aliphatic carbocycles. The molecule has 0 aromatic heterocycles. The fourth-order valence-corrected chi connectivity index (χ4v) is 4.79. The Balaban J connectivity index is 1.93. The largest absolute Gasteiger partial charge is 0.591 e. The maximum atomic E-state index is 13.0. The molecule has 0 saturated carbocycles. The molecule has 1 atom stereocenters. The highest BCUT2D eigenvalue weighted by molar-refractivity contribution is 7.91. The van der Waals surface area contributed by atoms with E-state index in [0.717, 1.165) is 23.3 Å². The Hall–Kier alpha value is -2.06. The smallest absolute Gasteiger partial charge is 0.410 e. The number of piperidine rings is 1. The van der Waals surface area contributed by atoms with Gasteiger partial charge in [-0.15, -0.1) is 0 Å². The number of amides is 2. The molecule has 31 heavy (non-hydrogen) atoms. The number of rotatable bonds is 2. The van der Waals surface area contributed by atoms with E-state index in [-0.39, 0.29) is 11.5 Å². The van der Waals surface area contributed by atoms with Gasteiger partial charge in [0.25, 0.3) is 0 Å². The van der Waals surface area contributed by atoms with Gasteiger partial charge in [-0.2, -0.15) is 0 Å². The summed E-state index contributed by atoms with van der Waals surface area (Å²) < 4.78 is 22.7. The minimum Gasteiger partial charge on any atom is -0.591 e. The molecule has 2 aliphatic rings. The summed E-state index contributed by atoms with van der Waals surface area (Å²) in [5, 5.41) is 0. The van der Waals surface area contributed by atoms with Crippen LogP contribution in [0, 0.1) is 5.41 Å². The third kappa shape index (κ3) is 5.06. The summed E-state index contributed by atoms with van der Waals surface area (Å²) in [6.07, 6.45) is 1.80. The zero-order chi connectivity index (χ0) is 23.2. The molecule has 1 aromatic carbocycles. The summed E-state index contributed by atoms with van der Waals surface area (Å²) in [7, 11) is 0. The Morgan fingerprint density at radius 2 is 1.77 bits per heavy atom. The van der Waals surface area contributed by atoms with E-state index in [1.807, 2.05) is 47.6 Å². The number of primary amides is 1. The maximum Gasteiger partial charge on any atom is 0.410 e. The maximum absolute atomic E-state index is 13.0. The van der Waals surface area contributed by atoms with Gasteiger partial charge in [-0.3, -0.25) is 4.79 Å². The summed E-state index contributed by atoms with van der Waals surface area (Å²) >= 11 is -1.44. The molecular formula is C23H33N3O4S. The molecule has 0 radical (unpaired) electrons. The standard InChI is InChI=1S/C23H33N3O4S/c1-21(2,3)30-20(28)26-11-9-23(10-12-26)14-16-8-7-15(19(24)27)13-17(16)18(23)25-31(29)22(4,5)6/h7-8,13H,9-12,14H2,1-6H3,(H2,24,27)/t31-/m1/s1. The van der Waals surface area contributed by atoms with Gasteiger partial charge in [0.05, 0.1) is 0 Å². The second-order valence-corrected chi connectivity index (χ2v) is 12.4. The van der Waals surface area contributed by atoms with Crippen molar-refractivity contribution in [2.75, 3.05) is 13.1 Å². The van der Waals surface area contributed by atoms with Crippen molar-refractivity contribution < 1.29 is 18.9 Å². The number of benzene rings is 1. The van der Waals surface area contributed by atoms with Gasteiger partial charge in [0, 0.05) is 29.6 Å². The van der Waals surface area contributed by atoms with Gasteiger partial charge in [0.15, 0.2) is 0 Å². The molecule has 1 aromatic rings. The van der Waals surface area contributed by atoms with Crippen LogP contribution in [0.25, 0.3) is 0 Å². The number of carbonyl (C=O) groups is 2. The van der Waals surface area contributed by atoms with Crippen LogP contribution in [0.4, 0.5) is 4.79 Å². The van der Waals surface area contributed by atoms with Gasteiger partial charge in [-0.25, -0.2) is 4.79 Å². The number of likely N-dealkylation sites (tertiary alicyclic amines) is 1. The first-order valence-electron chi connectivity index (χ1n) is 10.6. The third-order valence-corrected chi connectivity index (χ3v) is 7.15. The normalized spacial score (nSPS) is 20.6. The summed E-state index contributed by atoms with van der Waals surface area (Å²) in [5.41, 5.74) is 7.73. The number of hydrogen-bond donors (Lipinski definition) is 1. The summed E-state index contributed by atoms with van der Waals surface area (Å²) in [4.78, 5) is 26.0. The van der Waals surface area contributed by atoms with Gasteiger partial charge >= 0.3 is 6.09 Å². The van der Waals surface area contributed by atoms with Gasteiger partial charge in [-0.1, -0.05) is 10.5 Å². The molecule has 8 heteroatoms. The zero-order valence-electron chi connectivity index (χ0n) is 19.3. The van der Waals surface area contributed by atoms with E-state index in [2.05, 4.69) is 0 Å². The number of hydrogen-bond acceptors (Lipinski definition) is 5. The minimum absolute atomic E-state index is 0.314. The van der Waals surface area contributed by atoms with Crippen LogP contribution in [0.5, 0.6) is 0 Å². The van der Waals surface area contributed by atoms with Crippen molar-refractivity contribution in [1.29, 1.82) is 0 Å². The zero-order valence-corrected chi connectivity index (χ0v) is 20.1. The lowest BCUT2D eigenvalue weighted by atomic mass is 9.74. The van der Waals surface area contributed by atoms with Crippen molar-refractivity contribution in [3.05, 3.63) is 34.9 Å². The lowest BCUT2D eigenvalue weighted by molar-refractivity contribution is 0.0159. The minimum atomic E-state index is -1.44. The Morgan fingerprint density at radius 3 is 2.29 bits per heavy atom. The number of fused-ring (bicyclic) bond motifs is 1. The first kappa shape index (κ1) is 23.6. The van der Waals surface area contributed by atoms with Crippen LogP contribution in [0.3, 0.4) is 0 Å². The van der Waals surface area contributed by atoms with Crippen LogP contribution >= 0.6 is 0 Å². The molecule has 1 fully saturated rings. The molecule has 3 rings (SSSR count). The van der Waals surface area contributed by atoms with E-state index < -0.39 is 27.6 Å².